The zero-order valence-electron chi connectivity index (χ0n) is 33.3. The first-order valence-corrected chi connectivity index (χ1v) is 19.8. The van der Waals surface area contributed by atoms with Crippen LogP contribution in [-0.4, -0.2) is 78.1 Å². The number of benzene rings is 3. The molecule has 0 radical (unpaired) electrons. The van der Waals surface area contributed by atoms with Crippen LogP contribution in [0, 0.1) is 11.3 Å². The number of rotatable bonds is 19. The molecular formula is C42H50N5O9P. The maximum atomic E-state index is 13.5. The van der Waals surface area contributed by atoms with E-state index < -0.39 is 44.2 Å². The number of aromatic nitrogens is 2. The van der Waals surface area contributed by atoms with Gasteiger partial charge in [-0.15, -0.1) is 0 Å². The van der Waals surface area contributed by atoms with Crippen LogP contribution in [0.4, 0.5) is 5.82 Å². The van der Waals surface area contributed by atoms with Crippen molar-refractivity contribution in [3.8, 4) is 17.6 Å². The first-order valence-electron chi connectivity index (χ1n) is 18.7. The second kappa shape index (κ2) is 19.9. The van der Waals surface area contributed by atoms with E-state index in [1.54, 1.807) is 14.2 Å². The summed E-state index contributed by atoms with van der Waals surface area (Å²) in [5, 5.41) is 11.8. The van der Waals surface area contributed by atoms with Crippen LogP contribution in [0.3, 0.4) is 0 Å². The molecule has 15 heteroatoms. The molecule has 1 N–H and O–H groups in total. The summed E-state index contributed by atoms with van der Waals surface area (Å²) in [5.41, 5.74) is 0.534. The first-order chi connectivity index (χ1) is 27.4. The molecule has 2 heterocycles. The molecule has 3 aromatic carbocycles. The third kappa shape index (κ3) is 10.1. The molecule has 1 saturated heterocycles. The standard InChI is InChI=1S/C42H50N5O9P/c1-28(2)47(29(3)4)57(54-23-11-22-43)56-37-24-39(46-25-31(26-48)40(44-30(5)49)45-41(46)50)55-38(37)27-53-42(32-12-9-8-10-13-32,33-14-18-35(51-6)19-15-33)34-16-20-36(52-7)21-17-34/h8-10,12-21,25-26,28-29,37-39H,11,23-24,27H2,1-7H3,(H,44,45,49,50)/t37-,38+,39+,57?/m0/s1. The Balaban J connectivity index is 1.62. The van der Waals surface area contributed by atoms with Crippen molar-refractivity contribution < 1.29 is 37.6 Å². The molecule has 4 atom stereocenters. The van der Waals surface area contributed by atoms with Crippen molar-refractivity contribution in [2.24, 2.45) is 0 Å². The van der Waals surface area contributed by atoms with Crippen LogP contribution in [-0.2, 0) is 28.9 Å². The molecule has 1 unspecified atom stereocenters. The van der Waals surface area contributed by atoms with E-state index in [0.29, 0.717) is 17.8 Å². The molecule has 14 nitrogen and oxygen atoms in total. The number of methoxy groups -OCH3 is 2. The van der Waals surface area contributed by atoms with E-state index in [4.69, 9.17) is 28.0 Å². The normalized spacial score (nSPS) is 17.4. The van der Waals surface area contributed by atoms with Crippen molar-refractivity contribution >= 4 is 26.5 Å². The summed E-state index contributed by atoms with van der Waals surface area (Å²) in [6, 6.07) is 27.3. The highest BCUT2D eigenvalue weighted by Crippen LogP contribution is 2.50. The summed E-state index contributed by atoms with van der Waals surface area (Å²) in [5.74, 6) is 0.725. The van der Waals surface area contributed by atoms with Gasteiger partial charge in [0, 0.05) is 31.6 Å². The predicted octanol–water partition coefficient (Wildman–Crippen LogP) is 6.99. The topological polar surface area (TPSA) is 163 Å². The van der Waals surface area contributed by atoms with Gasteiger partial charge in [0.05, 0.1) is 51.6 Å². The summed E-state index contributed by atoms with van der Waals surface area (Å²) in [4.78, 5) is 41.5. The van der Waals surface area contributed by atoms with Crippen molar-refractivity contribution in [1.29, 1.82) is 5.26 Å². The fourth-order valence-corrected chi connectivity index (χ4v) is 8.63. The molecule has 5 rings (SSSR count). The quantitative estimate of drug-likeness (QED) is 0.0449. The second-order valence-electron chi connectivity index (χ2n) is 13.9. The van der Waals surface area contributed by atoms with Gasteiger partial charge in [0.25, 0.3) is 8.53 Å². The maximum absolute atomic E-state index is 13.5. The minimum Gasteiger partial charge on any atom is -0.497 e. The lowest BCUT2D eigenvalue weighted by Crippen LogP contribution is -2.39. The zero-order chi connectivity index (χ0) is 41.1. The summed E-state index contributed by atoms with van der Waals surface area (Å²) < 4.78 is 41.4. The monoisotopic (exact) mass is 799 g/mol. The van der Waals surface area contributed by atoms with E-state index in [1.165, 1.54) is 17.7 Å². The lowest BCUT2D eigenvalue weighted by atomic mass is 9.80. The average molecular weight is 800 g/mol. The largest absolute Gasteiger partial charge is 0.497 e. The van der Waals surface area contributed by atoms with Gasteiger partial charge in [0.1, 0.15) is 29.4 Å². The molecule has 0 saturated carbocycles. The number of ether oxygens (including phenoxy) is 4. The number of hydrogen-bond donors (Lipinski definition) is 1. The van der Waals surface area contributed by atoms with E-state index >= 15 is 0 Å². The molecule has 1 aromatic heterocycles. The summed E-state index contributed by atoms with van der Waals surface area (Å²) >= 11 is 0. The highest BCUT2D eigenvalue weighted by molar-refractivity contribution is 7.44. The van der Waals surface area contributed by atoms with Crippen LogP contribution < -0.4 is 20.5 Å². The van der Waals surface area contributed by atoms with Crippen molar-refractivity contribution in [2.75, 3.05) is 32.8 Å². The molecule has 0 aliphatic carbocycles. The van der Waals surface area contributed by atoms with Crippen molar-refractivity contribution in [3.05, 3.63) is 118 Å². The molecule has 4 aromatic rings. The van der Waals surface area contributed by atoms with E-state index in [2.05, 4.69) is 21.0 Å². The summed E-state index contributed by atoms with van der Waals surface area (Å²) in [6.45, 7) is 9.55. The fourth-order valence-electron chi connectivity index (χ4n) is 6.87. The van der Waals surface area contributed by atoms with E-state index in [1.807, 2.05) is 107 Å². The van der Waals surface area contributed by atoms with Gasteiger partial charge in [0.2, 0.25) is 5.91 Å². The van der Waals surface area contributed by atoms with Gasteiger partial charge < -0.3 is 33.3 Å². The molecule has 57 heavy (non-hydrogen) atoms. The lowest BCUT2D eigenvalue weighted by molar-refractivity contribution is -0.114. The molecule has 1 aliphatic rings. The van der Waals surface area contributed by atoms with Crippen LogP contribution in [0.1, 0.15) is 80.7 Å². The number of carbonyl (C=O) groups is 2. The van der Waals surface area contributed by atoms with Crippen molar-refractivity contribution in [2.45, 2.75) is 83.6 Å². The Labute approximate surface area is 334 Å². The third-order valence-corrected chi connectivity index (χ3v) is 11.6. The Morgan fingerprint density at radius 2 is 1.58 bits per heavy atom. The van der Waals surface area contributed by atoms with Gasteiger partial charge in [-0.05, 0) is 68.7 Å². The second-order valence-corrected chi connectivity index (χ2v) is 15.3. The van der Waals surface area contributed by atoms with Gasteiger partial charge in [-0.3, -0.25) is 14.2 Å². The van der Waals surface area contributed by atoms with Crippen molar-refractivity contribution in [3.63, 3.8) is 0 Å². The van der Waals surface area contributed by atoms with E-state index in [0.717, 1.165) is 16.7 Å². The molecule has 1 fully saturated rings. The number of nitrogens with zero attached hydrogens (tertiary/aromatic N) is 4. The van der Waals surface area contributed by atoms with Crippen LogP contribution in [0.5, 0.6) is 11.5 Å². The zero-order valence-corrected chi connectivity index (χ0v) is 34.2. The summed E-state index contributed by atoms with van der Waals surface area (Å²) in [6.07, 6.45) is -0.275. The summed E-state index contributed by atoms with van der Waals surface area (Å²) in [7, 11) is 1.48. The molecule has 302 valence electrons. The number of carbonyl (C=O) groups excluding carboxylic acids is 2. The number of nitrogens with one attached hydrogen (secondary N) is 1. The number of amides is 1. The van der Waals surface area contributed by atoms with Crippen molar-refractivity contribution in [1.82, 2.24) is 14.2 Å². The Kier molecular flexibility index (Phi) is 15.1. The van der Waals surface area contributed by atoms with Gasteiger partial charge in [-0.25, -0.2) is 9.46 Å². The van der Waals surface area contributed by atoms with Crippen LogP contribution in [0.2, 0.25) is 0 Å². The third-order valence-electron chi connectivity index (χ3n) is 9.42. The number of nitriles is 1. The van der Waals surface area contributed by atoms with Gasteiger partial charge in [-0.2, -0.15) is 10.2 Å². The SMILES string of the molecule is COc1ccc(C(OC[C@H]2O[C@@H](n3cc(C=O)c(NC(C)=O)nc3=O)C[C@@H]2OP(OCCC#N)N(C(C)C)C(C)C)(c2ccccc2)c2ccc(OC)cc2)cc1. The highest BCUT2D eigenvalue weighted by atomic mass is 31.2. The number of anilines is 1. The molecule has 1 amide bonds. The van der Waals surface area contributed by atoms with Crippen LogP contribution in [0.25, 0.3) is 0 Å². The van der Waals surface area contributed by atoms with Gasteiger partial charge in [-0.1, -0.05) is 54.6 Å². The molecule has 0 bridgehead atoms. The highest BCUT2D eigenvalue weighted by Gasteiger charge is 2.45. The smallest absolute Gasteiger partial charge is 0.351 e. The van der Waals surface area contributed by atoms with Gasteiger partial charge >= 0.3 is 5.69 Å². The number of hydrogen-bond acceptors (Lipinski definition) is 12. The molecule has 0 spiro atoms. The minimum absolute atomic E-state index is 0.000512. The Bertz CT molecular complexity index is 1980. The number of aldehydes is 1. The lowest BCUT2D eigenvalue weighted by Gasteiger charge is -2.39. The average Bonchev–Trinajstić information content (AvgIpc) is 3.60. The maximum Gasteiger partial charge on any atom is 0.351 e. The van der Waals surface area contributed by atoms with Gasteiger partial charge in [0.15, 0.2) is 12.1 Å². The Hall–Kier alpha value is -5.00. The minimum atomic E-state index is -1.74. The fraction of sp³-hybridized carbons (Fsp3) is 0.405. The van der Waals surface area contributed by atoms with E-state index in [9.17, 15) is 19.6 Å². The van der Waals surface area contributed by atoms with E-state index in [-0.39, 0.29) is 49.5 Å². The Morgan fingerprint density at radius 3 is 2.09 bits per heavy atom. The van der Waals surface area contributed by atoms with Crippen LogP contribution in [0.15, 0.2) is 89.9 Å². The Morgan fingerprint density at radius 1 is 1.00 bits per heavy atom. The molecular weight excluding hydrogens is 749 g/mol. The predicted molar refractivity (Wildman–Crippen MR) is 215 cm³/mol. The molecule has 1 aliphatic heterocycles. The van der Waals surface area contributed by atoms with Crippen LogP contribution >= 0.6 is 8.53 Å². The first kappa shape index (κ1) is 43.1.